The standard InChI is InChI=1S/C22H22ClF3N4O5/c1-21(2)18(30(34)19(32)27-15-8-6-14(23)7-9-15)29(20(33)28(21)12-17(31)35-3)16-10-4-13(5-11-16)22(24,25)26/h4-11,18,34H,12H2,1-3H3,(H,27,32). The first kappa shape index (κ1) is 26.1. The van der Waals surface area contributed by atoms with Crippen LogP contribution < -0.4 is 10.2 Å². The van der Waals surface area contributed by atoms with Crippen molar-refractivity contribution in [1.82, 2.24) is 9.96 Å². The molecule has 0 spiro atoms. The summed E-state index contributed by atoms with van der Waals surface area (Å²) in [5, 5.41) is 14.0. The van der Waals surface area contributed by atoms with E-state index in [1.165, 1.54) is 38.1 Å². The van der Waals surface area contributed by atoms with Crippen molar-refractivity contribution in [3.8, 4) is 0 Å². The van der Waals surface area contributed by atoms with Gasteiger partial charge in [-0.05, 0) is 62.4 Å². The minimum atomic E-state index is -4.61. The summed E-state index contributed by atoms with van der Waals surface area (Å²) in [5.41, 5.74) is -2.09. The zero-order valence-corrected chi connectivity index (χ0v) is 19.6. The molecule has 1 heterocycles. The molecule has 2 N–H and O–H groups in total. The first-order valence-electron chi connectivity index (χ1n) is 10.2. The molecule has 4 amide bonds. The fourth-order valence-corrected chi connectivity index (χ4v) is 3.82. The number of hydrogen-bond donors (Lipinski definition) is 2. The van der Waals surface area contributed by atoms with Crippen molar-refractivity contribution in [1.29, 1.82) is 0 Å². The molecule has 35 heavy (non-hydrogen) atoms. The van der Waals surface area contributed by atoms with Crippen molar-refractivity contribution in [2.45, 2.75) is 31.7 Å². The summed E-state index contributed by atoms with van der Waals surface area (Å²) in [6.45, 7) is 2.45. The summed E-state index contributed by atoms with van der Waals surface area (Å²) in [5.74, 6) is -0.769. The van der Waals surface area contributed by atoms with Gasteiger partial charge in [0.2, 0.25) is 0 Å². The first-order valence-corrected chi connectivity index (χ1v) is 10.5. The van der Waals surface area contributed by atoms with Gasteiger partial charge in [-0.3, -0.25) is 14.9 Å². The number of ether oxygens (including phenoxy) is 1. The average Bonchev–Trinajstić information content (AvgIpc) is 2.99. The Bertz CT molecular complexity index is 1110. The molecule has 1 atom stereocenters. The molecule has 0 aromatic heterocycles. The fourth-order valence-electron chi connectivity index (χ4n) is 3.70. The predicted octanol–water partition coefficient (Wildman–Crippen LogP) is 4.80. The van der Waals surface area contributed by atoms with Crippen molar-refractivity contribution in [3.05, 3.63) is 59.1 Å². The van der Waals surface area contributed by atoms with Crippen LogP contribution in [0.5, 0.6) is 0 Å². The van der Waals surface area contributed by atoms with E-state index in [-0.39, 0.29) is 16.4 Å². The molecule has 2 aromatic rings. The molecule has 0 bridgehead atoms. The zero-order chi connectivity index (χ0) is 26.1. The maximum absolute atomic E-state index is 13.3. The summed E-state index contributed by atoms with van der Waals surface area (Å²) >= 11 is 5.83. The number of amides is 4. The Morgan fingerprint density at radius 1 is 1.14 bits per heavy atom. The van der Waals surface area contributed by atoms with Crippen LogP contribution in [0.1, 0.15) is 19.4 Å². The van der Waals surface area contributed by atoms with Crippen molar-refractivity contribution in [2.75, 3.05) is 23.9 Å². The van der Waals surface area contributed by atoms with Gasteiger partial charge in [0.25, 0.3) is 0 Å². The SMILES string of the molecule is COC(=O)CN1C(=O)N(c2ccc(C(F)(F)F)cc2)C(N(O)C(=O)Nc2ccc(Cl)cc2)C1(C)C. The number of halogens is 4. The average molecular weight is 515 g/mol. The number of methoxy groups -OCH3 is 1. The predicted molar refractivity (Wildman–Crippen MR) is 120 cm³/mol. The largest absolute Gasteiger partial charge is 0.468 e. The van der Waals surface area contributed by atoms with Crippen LogP contribution in [0.4, 0.5) is 34.1 Å². The van der Waals surface area contributed by atoms with Crippen LogP contribution in [0.2, 0.25) is 5.02 Å². The minimum Gasteiger partial charge on any atom is -0.468 e. The number of anilines is 2. The monoisotopic (exact) mass is 514 g/mol. The number of carbonyl (C=O) groups is 3. The van der Waals surface area contributed by atoms with Gasteiger partial charge in [-0.1, -0.05) is 11.6 Å². The van der Waals surface area contributed by atoms with E-state index in [1.54, 1.807) is 0 Å². The molecule has 0 radical (unpaired) electrons. The first-order chi connectivity index (χ1) is 16.3. The maximum atomic E-state index is 13.3. The van der Waals surface area contributed by atoms with Gasteiger partial charge in [-0.25, -0.2) is 9.59 Å². The van der Waals surface area contributed by atoms with Gasteiger partial charge in [0, 0.05) is 16.4 Å². The number of rotatable bonds is 5. The van der Waals surface area contributed by atoms with Crippen molar-refractivity contribution >= 4 is 41.0 Å². The highest BCUT2D eigenvalue weighted by atomic mass is 35.5. The summed E-state index contributed by atoms with van der Waals surface area (Å²) < 4.78 is 43.7. The molecule has 3 rings (SSSR count). The van der Waals surface area contributed by atoms with Crippen LogP contribution in [0.3, 0.4) is 0 Å². The highest BCUT2D eigenvalue weighted by Gasteiger charge is 2.56. The minimum absolute atomic E-state index is 0.0354. The van der Waals surface area contributed by atoms with E-state index < -0.39 is 48.0 Å². The van der Waals surface area contributed by atoms with Gasteiger partial charge in [-0.15, -0.1) is 0 Å². The summed E-state index contributed by atoms with van der Waals surface area (Å²) in [7, 11) is 1.12. The van der Waals surface area contributed by atoms with Crippen LogP contribution in [-0.4, -0.2) is 58.6 Å². The fraction of sp³-hybridized carbons (Fsp3) is 0.318. The second kappa shape index (κ2) is 9.62. The molecule has 188 valence electrons. The third-order valence-electron chi connectivity index (χ3n) is 5.53. The topological polar surface area (TPSA) is 102 Å². The number of carbonyl (C=O) groups excluding carboxylic acids is 3. The molecule has 0 aliphatic carbocycles. The highest BCUT2D eigenvalue weighted by Crippen LogP contribution is 2.39. The summed E-state index contributed by atoms with van der Waals surface area (Å²) in [4.78, 5) is 40.1. The van der Waals surface area contributed by atoms with Gasteiger partial charge >= 0.3 is 24.2 Å². The Morgan fingerprint density at radius 3 is 2.23 bits per heavy atom. The molecule has 0 saturated carbocycles. The van der Waals surface area contributed by atoms with E-state index in [1.807, 2.05) is 0 Å². The number of urea groups is 2. The molecular formula is C22H22ClF3N4O5. The molecule has 1 aliphatic rings. The summed E-state index contributed by atoms with van der Waals surface area (Å²) in [6, 6.07) is 7.73. The number of esters is 1. The van der Waals surface area contributed by atoms with Crippen LogP contribution in [0.25, 0.3) is 0 Å². The third-order valence-corrected chi connectivity index (χ3v) is 5.78. The van der Waals surface area contributed by atoms with Gasteiger partial charge < -0.3 is 15.0 Å². The van der Waals surface area contributed by atoms with E-state index >= 15 is 0 Å². The lowest BCUT2D eigenvalue weighted by molar-refractivity contribution is -0.143. The normalized spacial score (nSPS) is 17.4. The van der Waals surface area contributed by atoms with Crippen molar-refractivity contribution < 1.29 is 37.5 Å². The lowest BCUT2D eigenvalue weighted by Crippen LogP contribution is -2.58. The number of alkyl halides is 3. The Hall–Kier alpha value is -3.51. The molecule has 1 unspecified atom stereocenters. The third kappa shape index (κ3) is 5.28. The maximum Gasteiger partial charge on any atom is 0.416 e. The smallest absolute Gasteiger partial charge is 0.416 e. The van der Waals surface area contributed by atoms with Crippen LogP contribution >= 0.6 is 11.6 Å². The number of nitrogens with zero attached hydrogens (tertiary/aromatic N) is 3. The van der Waals surface area contributed by atoms with E-state index in [2.05, 4.69) is 10.1 Å². The van der Waals surface area contributed by atoms with E-state index in [9.17, 15) is 32.8 Å². The Kier molecular flexibility index (Phi) is 7.18. The molecule has 1 fully saturated rings. The zero-order valence-electron chi connectivity index (χ0n) is 18.8. The Balaban J connectivity index is 2.00. The summed E-state index contributed by atoms with van der Waals surface area (Å²) in [6.07, 6.45) is -6.05. The molecule has 13 heteroatoms. The molecule has 9 nitrogen and oxygen atoms in total. The highest BCUT2D eigenvalue weighted by molar-refractivity contribution is 6.30. The van der Waals surface area contributed by atoms with Crippen LogP contribution in [0.15, 0.2) is 48.5 Å². The van der Waals surface area contributed by atoms with Gasteiger partial charge in [0.15, 0.2) is 6.17 Å². The second-order valence-electron chi connectivity index (χ2n) is 8.17. The van der Waals surface area contributed by atoms with Gasteiger partial charge in [0.1, 0.15) is 6.54 Å². The molecule has 1 saturated heterocycles. The lowest BCUT2D eigenvalue weighted by Gasteiger charge is -2.38. The van der Waals surface area contributed by atoms with Crippen LogP contribution in [0, 0.1) is 0 Å². The van der Waals surface area contributed by atoms with E-state index in [4.69, 9.17) is 11.6 Å². The number of hydroxylamine groups is 2. The molecular weight excluding hydrogens is 493 g/mol. The quantitative estimate of drug-likeness (QED) is 0.339. The van der Waals surface area contributed by atoms with E-state index in [0.29, 0.717) is 5.02 Å². The van der Waals surface area contributed by atoms with Crippen molar-refractivity contribution in [2.24, 2.45) is 0 Å². The van der Waals surface area contributed by atoms with Crippen molar-refractivity contribution in [3.63, 3.8) is 0 Å². The number of nitrogens with one attached hydrogen (secondary N) is 1. The molecule has 1 aliphatic heterocycles. The number of hydrogen-bond acceptors (Lipinski definition) is 5. The number of benzene rings is 2. The van der Waals surface area contributed by atoms with Crippen LogP contribution in [-0.2, 0) is 15.7 Å². The second-order valence-corrected chi connectivity index (χ2v) is 8.60. The Morgan fingerprint density at radius 2 is 1.71 bits per heavy atom. The molecule has 2 aromatic carbocycles. The Labute approximate surface area is 203 Å². The van der Waals surface area contributed by atoms with Gasteiger partial charge in [-0.2, -0.15) is 18.2 Å². The van der Waals surface area contributed by atoms with E-state index in [0.717, 1.165) is 41.2 Å². The lowest BCUT2D eigenvalue weighted by atomic mass is 9.99. The van der Waals surface area contributed by atoms with Gasteiger partial charge in [0.05, 0.1) is 18.2 Å².